The van der Waals surface area contributed by atoms with Gasteiger partial charge in [0.2, 0.25) is 0 Å². The van der Waals surface area contributed by atoms with Gasteiger partial charge in [0.15, 0.2) is 27.2 Å². The number of benzene rings is 2. The number of alkyl halides is 3. The number of aromatic nitrogens is 3. The predicted octanol–water partition coefficient (Wildman–Crippen LogP) is 7.37. The first-order chi connectivity index (χ1) is 21.2. The molecule has 2 aliphatic carbocycles. The van der Waals surface area contributed by atoms with Crippen molar-refractivity contribution in [2.24, 2.45) is 0 Å². The first-order valence-corrected chi connectivity index (χ1v) is 16.1. The minimum absolute atomic E-state index is 0.0612. The lowest BCUT2D eigenvalue weighted by Gasteiger charge is -2.28. The summed E-state index contributed by atoms with van der Waals surface area (Å²) in [7, 11) is -3.77. The van der Waals surface area contributed by atoms with E-state index in [9.17, 15) is 26.7 Å². The monoisotopic (exact) mass is 639 g/mol. The topological polar surface area (TPSA) is 98.2 Å². The number of nitrogens with zero attached hydrogens (tertiary/aromatic N) is 3. The predicted molar refractivity (Wildman–Crippen MR) is 163 cm³/mol. The van der Waals surface area contributed by atoms with Crippen LogP contribution in [-0.4, -0.2) is 46.2 Å². The summed E-state index contributed by atoms with van der Waals surface area (Å²) in [6.45, 7) is 2.41. The van der Waals surface area contributed by atoms with Crippen molar-refractivity contribution in [1.82, 2.24) is 14.5 Å². The second-order valence-corrected chi connectivity index (χ2v) is 13.5. The molecule has 1 unspecified atom stereocenters. The van der Waals surface area contributed by atoms with Gasteiger partial charge < -0.3 is 14.1 Å². The Morgan fingerprint density at radius 3 is 2.42 bits per heavy atom. The zero-order valence-corrected chi connectivity index (χ0v) is 25.4. The maximum Gasteiger partial charge on any atom is 0.434 e. The standard InChI is InChI=1S/C33H29F4N3O4S/c1-18-38-30(33(35,36)37)16-40(18)28-11-10-22(24-14-27(34)26(17-41)29(15-24)45(3,42)43)13-25(28)31-32(44-19(2)39-31)23-9-8-20-6-4-5-7-21(20)12-23/h4-9,12-14,16,29,41H,10-11,15,17H2,1-3H3. The maximum atomic E-state index is 15.2. The van der Waals surface area contributed by atoms with E-state index < -0.39 is 39.4 Å². The van der Waals surface area contributed by atoms with E-state index in [0.717, 1.165) is 23.2 Å². The van der Waals surface area contributed by atoms with Crippen LogP contribution in [0.15, 0.2) is 87.8 Å². The van der Waals surface area contributed by atoms with Gasteiger partial charge in [-0.05, 0) is 66.3 Å². The SMILES string of the molecule is Cc1nc(C2=C(n3cc(C(F)(F)F)nc3C)CCC(C3=CC(F)=C(CO)C(S(C)(=O)=O)C3)=C2)c(-c2ccc3ccccc3c2)o1. The summed E-state index contributed by atoms with van der Waals surface area (Å²) in [5, 5.41) is 10.4. The third-order valence-electron chi connectivity index (χ3n) is 8.23. The first-order valence-electron chi connectivity index (χ1n) is 14.2. The summed E-state index contributed by atoms with van der Waals surface area (Å²) in [6.07, 6.45) is 0.670. The summed E-state index contributed by atoms with van der Waals surface area (Å²) < 4.78 is 88.8. The number of aryl methyl sites for hydroxylation is 2. The molecule has 0 amide bonds. The highest BCUT2D eigenvalue weighted by molar-refractivity contribution is 7.91. The Morgan fingerprint density at radius 2 is 1.76 bits per heavy atom. The molecule has 12 heteroatoms. The number of hydrogen-bond donors (Lipinski definition) is 1. The van der Waals surface area contributed by atoms with E-state index in [1.165, 1.54) is 17.6 Å². The summed E-state index contributed by atoms with van der Waals surface area (Å²) >= 11 is 0. The molecular formula is C33H29F4N3O4S. The quantitative estimate of drug-likeness (QED) is 0.221. The lowest BCUT2D eigenvalue weighted by atomic mass is 9.84. The van der Waals surface area contributed by atoms with Crippen molar-refractivity contribution in [3.63, 3.8) is 0 Å². The van der Waals surface area contributed by atoms with Crippen molar-refractivity contribution in [3.05, 3.63) is 106 Å². The van der Waals surface area contributed by atoms with E-state index >= 15 is 4.39 Å². The van der Waals surface area contributed by atoms with Crippen molar-refractivity contribution < 1.29 is 35.5 Å². The van der Waals surface area contributed by atoms with Crippen LogP contribution in [0.3, 0.4) is 0 Å². The minimum Gasteiger partial charge on any atom is -0.440 e. The average molecular weight is 640 g/mol. The second-order valence-electron chi connectivity index (χ2n) is 11.3. The van der Waals surface area contributed by atoms with Crippen molar-refractivity contribution in [1.29, 1.82) is 0 Å². The van der Waals surface area contributed by atoms with Gasteiger partial charge in [-0.1, -0.05) is 36.4 Å². The highest BCUT2D eigenvalue weighted by Gasteiger charge is 2.36. The molecule has 0 saturated heterocycles. The molecule has 2 aliphatic rings. The summed E-state index contributed by atoms with van der Waals surface area (Å²) in [6, 6.07) is 13.5. The molecule has 0 fully saturated rings. The van der Waals surface area contributed by atoms with E-state index in [1.54, 1.807) is 13.0 Å². The van der Waals surface area contributed by atoms with E-state index in [0.29, 0.717) is 45.3 Å². The molecule has 0 bridgehead atoms. The number of fused-ring (bicyclic) bond motifs is 1. The van der Waals surface area contributed by atoms with Gasteiger partial charge >= 0.3 is 6.18 Å². The molecule has 2 heterocycles. The molecule has 234 valence electrons. The summed E-state index contributed by atoms with van der Waals surface area (Å²) in [5.74, 6) is 0.0299. The van der Waals surface area contributed by atoms with Crippen molar-refractivity contribution in [3.8, 4) is 11.3 Å². The van der Waals surface area contributed by atoms with Crippen molar-refractivity contribution >= 4 is 31.9 Å². The van der Waals surface area contributed by atoms with Crippen LogP contribution >= 0.6 is 0 Å². The van der Waals surface area contributed by atoms with Gasteiger partial charge in [-0.3, -0.25) is 0 Å². The molecule has 1 atom stereocenters. The van der Waals surface area contributed by atoms with Crippen LogP contribution in [0.5, 0.6) is 0 Å². The van der Waals surface area contributed by atoms with Gasteiger partial charge in [0.1, 0.15) is 17.3 Å². The lowest BCUT2D eigenvalue weighted by molar-refractivity contribution is -0.141. The molecule has 45 heavy (non-hydrogen) atoms. The van der Waals surface area contributed by atoms with Crippen LogP contribution < -0.4 is 0 Å². The third-order valence-corrected chi connectivity index (χ3v) is 9.71. The Kier molecular flexibility index (Phi) is 7.68. The van der Waals surface area contributed by atoms with Gasteiger partial charge in [-0.2, -0.15) is 13.2 Å². The van der Waals surface area contributed by atoms with Gasteiger partial charge in [0.25, 0.3) is 0 Å². The highest BCUT2D eigenvalue weighted by Crippen LogP contribution is 2.44. The number of halogens is 4. The van der Waals surface area contributed by atoms with Gasteiger partial charge in [-0.15, -0.1) is 0 Å². The molecule has 0 saturated carbocycles. The third kappa shape index (κ3) is 5.80. The first kappa shape index (κ1) is 30.7. The molecule has 2 aromatic carbocycles. The van der Waals surface area contributed by atoms with E-state index in [1.807, 2.05) is 42.5 Å². The summed E-state index contributed by atoms with van der Waals surface area (Å²) in [4.78, 5) is 8.43. The zero-order valence-electron chi connectivity index (χ0n) is 24.6. The number of hydrogen-bond acceptors (Lipinski definition) is 6. The van der Waals surface area contributed by atoms with E-state index in [4.69, 9.17) is 4.42 Å². The Balaban J connectivity index is 1.57. The molecule has 2 aromatic heterocycles. The zero-order chi connectivity index (χ0) is 32.3. The minimum atomic E-state index is -4.66. The molecular weight excluding hydrogens is 610 g/mol. The molecule has 1 N–H and O–H groups in total. The lowest BCUT2D eigenvalue weighted by Crippen LogP contribution is -2.28. The highest BCUT2D eigenvalue weighted by atomic mass is 32.2. The van der Waals surface area contributed by atoms with Crippen LogP contribution in [-0.2, 0) is 16.0 Å². The molecule has 0 spiro atoms. The molecule has 7 nitrogen and oxygen atoms in total. The molecule has 0 aliphatic heterocycles. The van der Waals surface area contributed by atoms with Crippen LogP contribution in [0.25, 0.3) is 33.4 Å². The molecule has 0 radical (unpaired) electrons. The Hall–Kier alpha value is -4.29. The normalized spacial score (nSPS) is 18.1. The van der Waals surface area contributed by atoms with Crippen LogP contribution in [0.4, 0.5) is 17.6 Å². The van der Waals surface area contributed by atoms with Crippen LogP contribution in [0.2, 0.25) is 0 Å². The molecule has 6 rings (SSSR count). The largest absolute Gasteiger partial charge is 0.440 e. The number of allylic oxidation sites excluding steroid dienone is 7. The summed E-state index contributed by atoms with van der Waals surface area (Å²) in [5.41, 5.74) is 1.79. The fourth-order valence-electron chi connectivity index (χ4n) is 6.04. The second kappa shape index (κ2) is 11.3. The Labute approximate surface area is 256 Å². The maximum absolute atomic E-state index is 15.2. The van der Waals surface area contributed by atoms with Gasteiger partial charge in [0, 0.05) is 41.8 Å². The van der Waals surface area contributed by atoms with Crippen LogP contribution in [0.1, 0.15) is 42.4 Å². The Bertz CT molecular complexity index is 2080. The van der Waals surface area contributed by atoms with Gasteiger partial charge in [0.05, 0.1) is 11.9 Å². The fraction of sp³-hybridized carbons (Fsp3) is 0.273. The number of rotatable bonds is 6. The number of oxazole rings is 1. The van der Waals surface area contributed by atoms with E-state index in [-0.39, 0.29) is 30.7 Å². The number of aliphatic hydroxyl groups is 1. The molecule has 4 aromatic rings. The van der Waals surface area contributed by atoms with Crippen LogP contribution in [0, 0.1) is 13.8 Å². The number of sulfone groups is 1. The average Bonchev–Trinajstić information content (AvgIpc) is 3.58. The van der Waals surface area contributed by atoms with Crippen molar-refractivity contribution in [2.45, 2.75) is 44.5 Å². The number of aliphatic hydroxyl groups excluding tert-OH is 1. The Morgan fingerprint density at radius 1 is 1.02 bits per heavy atom. The van der Waals surface area contributed by atoms with E-state index in [2.05, 4.69) is 9.97 Å². The van der Waals surface area contributed by atoms with Gasteiger partial charge in [-0.25, -0.2) is 22.8 Å². The fourth-order valence-corrected chi connectivity index (χ4v) is 7.22. The number of imidazole rings is 1. The smallest absolute Gasteiger partial charge is 0.434 e. The van der Waals surface area contributed by atoms with Crippen molar-refractivity contribution in [2.75, 3.05) is 12.9 Å².